The number of rotatable bonds is 10. The van der Waals surface area contributed by atoms with Gasteiger partial charge in [0.05, 0.1) is 19.8 Å². The van der Waals surface area contributed by atoms with E-state index in [-0.39, 0.29) is 6.10 Å². The van der Waals surface area contributed by atoms with E-state index in [9.17, 15) is 0 Å². The van der Waals surface area contributed by atoms with Crippen molar-refractivity contribution in [1.82, 2.24) is 20.8 Å². The zero-order valence-corrected chi connectivity index (χ0v) is 18.2. The van der Waals surface area contributed by atoms with E-state index in [0.717, 1.165) is 61.8 Å². The molecule has 3 rings (SSSR count). The van der Waals surface area contributed by atoms with Crippen LogP contribution in [-0.4, -0.2) is 42.4 Å². The fourth-order valence-electron chi connectivity index (χ4n) is 3.55. The largest absolute Gasteiger partial charge is 0.493 e. The predicted molar refractivity (Wildman–Crippen MR) is 116 cm³/mol. The van der Waals surface area contributed by atoms with Gasteiger partial charge in [0, 0.05) is 25.1 Å². The van der Waals surface area contributed by atoms with Gasteiger partial charge >= 0.3 is 0 Å². The highest BCUT2D eigenvalue weighted by Gasteiger charge is 2.20. The van der Waals surface area contributed by atoms with Gasteiger partial charge in [0.25, 0.3) is 0 Å². The Morgan fingerprint density at radius 2 is 2.10 bits per heavy atom. The number of methoxy groups -OCH3 is 1. The van der Waals surface area contributed by atoms with Gasteiger partial charge < -0.3 is 24.6 Å². The van der Waals surface area contributed by atoms with Crippen molar-refractivity contribution in [3.8, 4) is 11.5 Å². The third kappa shape index (κ3) is 6.37. The fraction of sp³-hybridized carbons (Fsp3) is 0.591. The quantitative estimate of drug-likeness (QED) is 0.349. The van der Waals surface area contributed by atoms with Crippen LogP contribution < -0.4 is 20.1 Å². The minimum absolute atomic E-state index is 0.267. The second-order valence-electron chi connectivity index (χ2n) is 7.43. The molecule has 0 bridgehead atoms. The van der Waals surface area contributed by atoms with Crippen molar-refractivity contribution >= 4 is 5.96 Å². The fourth-order valence-corrected chi connectivity index (χ4v) is 3.55. The van der Waals surface area contributed by atoms with Crippen molar-refractivity contribution in [2.45, 2.75) is 65.0 Å². The lowest BCUT2D eigenvalue weighted by molar-refractivity contribution is 0.198. The van der Waals surface area contributed by atoms with E-state index in [1.165, 1.54) is 12.8 Å². The van der Waals surface area contributed by atoms with E-state index in [1.807, 2.05) is 19.1 Å². The lowest BCUT2D eigenvalue weighted by atomic mass is 10.1. The summed E-state index contributed by atoms with van der Waals surface area (Å²) in [7, 11) is 1.68. The van der Waals surface area contributed by atoms with Crippen LogP contribution in [0.25, 0.3) is 0 Å². The lowest BCUT2D eigenvalue weighted by Crippen LogP contribution is -2.37. The van der Waals surface area contributed by atoms with Crippen LogP contribution in [0.3, 0.4) is 0 Å². The van der Waals surface area contributed by atoms with Crippen molar-refractivity contribution < 1.29 is 14.0 Å². The molecule has 30 heavy (non-hydrogen) atoms. The zero-order chi connectivity index (χ0) is 21.2. The number of para-hydroxylation sites is 1. The summed E-state index contributed by atoms with van der Waals surface area (Å²) in [5.74, 6) is 3.69. The van der Waals surface area contributed by atoms with E-state index < -0.39 is 0 Å². The van der Waals surface area contributed by atoms with Crippen molar-refractivity contribution in [3.63, 3.8) is 0 Å². The standard InChI is InChI=1S/C22H33N5O3/c1-4-23-22(24-14-8-13-20-26-16(2)27-30-20)25-15-17-9-7-12-19(28-3)21(17)29-18-10-5-6-11-18/h7,9,12,18H,4-6,8,10-11,13-15H2,1-3H3,(H2,23,24,25). The molecule has 8 heteroatoms. The minimum Gasteiger partial charge on any atom is -0.493 e. The Hall–Kier alpha value is -2.77. The topological polar surface area (TPSA) is 93.8 Å². The molecule has 0 saturated heterocycles. The first-order valence-corrected chi connectivity index (χ1v) is 10.8. The number of nitrogens with one attached hydrogen (secondary N) is 2. The van der Waals surface area contributed by atoms with Gasteiger partial charge in [0.1, 0.15) is 0 Å². The molecule has 1 aliphatic rings. The average molecular weight is 416 g/mol. The molecule has 1 heterocycles. The molecule has 0 spiro atoms. The highest BCUT2D eigenvalue weighted by Crippen LogP contribution is 2.35. The molecule has 1 aromatic heterocycles. The third-order valence-corrected chi connectivity index (χ3v) is 5.05. The first-order valence-electron chi connectivity index (χ1n) is 10.8. The monoisotopic (exact) mass is 415 g/mol. The number of nitrogens with zero attached hydrogens (tertiary/aromatic N) is 3. The molecule has 1 saturated carbocycles. The molecule has 2 aromatic rings. The summed E-state index contributed by atoms with van der Waals surface area (Å²) in [6.07, 6.45) is 6.54. The molecule has 0 atom stereocenters. The van der Waals surface area contributed by atoms with E-state index in [1.54, 1.807) is 7.11 Å². The molecular formula is C22H33N5O3. The number of aryl methyl sites for hydroxylation is 2. The smallest absolute Gasteiger partial charge is 0.226 e. The van der Waals surface area contributed by atoms with Crippen molar-refractivity contribution in [3.05, 3.63) is 35.5 Å². The van der Waals surface area contributed by atoms with Crippen molar-refractivity contribution in [1.29, 1.82) is 0 Å². The first kappa shape index (κ1) is 21.9. The van der Waals surface area contributed by atoms with Crippen LogP contribution in [-0.2, 0) is 13.0 Å². The summed E-state index contributed by atoms with van der Waals surface area (Å²) < 4.78 is 17.0. The molecular weight excluding hydrogens is 382 g/mol. The molecule has 8 nitrogen and oxygen atoms in total. The molecule has 1 aromatic carbocycles. The molecule has 0 unspecified atom stereocenters. The minimum atomic E-state index is 0.267. The van der Waals surface area contributed by atoms with Gasteiger partial charge in [-0.1, -0.05) is 17.3 Å². The zero-order valence-electron chi connectivity index (χ0n) is 18.2. The maximum Gasteiger partial charge on any atom is 0.226 e. The highest BCUT2D eigenvalue weighted by molar-refractivity contribution is 5.79. The summed E-state index contributed by atoms with van der Waals surface area (Å²) in [4.78, 5) is 8.98. The second-order valence-corrected chi connectivity index (χ2v) is 7.43. The molecule has 0 radical (unpaired) electrons. The Kier molecular flexibility index (Phi) is 8.35. The van der Waals surface area contributed by atoms with Crippen LogP contribution in [0.4, 0.5) is 0 Å². The molecule has 0 amide bonds. The molecule has 164 valence electrons. The predicted octanol–water partition coefficient (Wildman–Crippen LogP) is 3.40. The first-order chi connectivity index (χ1) is 14.7. The Bertz CT molecular complexity index is 815. The van der Waals surface area contributed by atoms with Crippen LogP contribution in [0, 0.1) is 6.92 Å². The van der Waals surface area contributed by atoms with Gasteiger partial charge in [-0.05, 0) is 52.0 Å². The number of benzene rings is 1. The summed E-state index contributed by atoms with van der Waals surface area (Å²) in [5.41, 5.74) is 1.03. The number of aromatic nitrogens is 2. The molecule has 2 N–H and O–H groups in total. The normalized spacial score (nSPS) is 14.7. The average Bonchev–Trinajstić information content (AvgIpc) is 3.41. The van der Waals surface area contributed by atoms with Crippen LogP contribution in [0.2, 0.25) is 0 Å². The molecule has 0 aliphatic heterocycles. The van der Waals surface area contributed by atoms with E-state index in [0.29, 0.717) is 18.3 Å². The Morgan fingerprint density at radius 1 is 1.27 bits per heavy atom. The van der Waals surface area contributed by atoms with Gasteiger partial charge in [-0.2, -0.15) is 4.98 Å². The van der Waals surface area contributed by atoms with Crippen molar-refractivity contribution in [2.75, 3.05) is 20.2 Å². The Labute approximate surface area is 178 Å². The molecule has 1 aliphatic carbocycles. The number of hydrogen-bond acceptors (Lipinski definition) is 6. The number of guanidine groups is 1. The summed E-state index contributed by atoms with van der Waals surface area (Å²) >= 11 is 0. The lowest BCUT2D eigenvalue weighted by Gasteiger charge is -2.19. The van der Waals surface area contributed by atoms with Crippen LogP contribution in [0.15, 0.2) is 27.7 Å². The van der Waals surface area contributed by atoms with Gasteiger partial charge in [-0.3, -0.25) is 0 Å². The van der Waals surface area contributed by atoms with Gasteiger partial charge in [-0.25, -0.2) is 4.99 Å². The van der Waals surface area contributed by atoms with Crippen LogP contribution in [0.1, 0.15) is 56.3 Å². The second kappa shape index (κ2) is 11.4. The Morgan fingerprint density at radius 3 is 2.80 bits per heavy atom. The third-order valence-electron chi connectivity index (χ3n) is 5.05. The summed E-state index contributed by atoms with van der Waals surface area (Å²) in [5, 5.41) is 10.5. The van der Waals surface area contributed by atoms with Gasteiger partial charge in [-0.15, -0.1) is 0 Å². The summed E-state index contributed by atoms with van der Waals surface area (Å²) in [6.45, 7) is 5.94. The number of aliphatic imine (C=N–C) groups is 1. The number of hydrogen-bond donors (Lipinski definition) is 2. The maximum absolute atomic E-state index is 6.31. The SMILES string of the molecule is CCNC(=NCc1cccc(OC)c1OC1CCCC1)NCCCc1nc(C)no1. The van der Waals surface area contributed by atoms with Gasteiger partial charge in [0.15, 0.2) is 23.3 Å². The van der Waals surface area contributed by atoms with E-state index in [2.05, 4.69) is 33.8 Å². The number of ether oxygens (including phenoxy) is 2. The summed E-state index contributed by atoms with van der Waals surface area (Å²) in [6, 6.07) is 5.98. The van der Waals surface area contributed by atoms with Gasteiger partial charge in [0.2, 0.25) is 5.89 Å². The van der Waals surface area contributed by atoms with E-state index in [4.69, 9.17) is 19.0 Å². The van der Waals surface area contributed by atoms with E-state index >= 15 is 0 Å². The maximum atomic E-state index is 6.31. The van der Waals surface area contributed by atoms with Crippen LogP contribution in [0.5, 0.6) is 11.5 Å². The highest BCUT2D eigenvalue weighted by atomic mass is 16.5. The molecule has 1 fully saturated rings. The Balaban J connectivity index is 1.60. The van der Waals surface area contributed by atoms with Crippen molar-refractivity contribution in [2.24, 2.45) is 4.99 Å². The van der Waals surface area contributed by atoms with Crippen LogP contribution >= 0.6 is 0 Å².